The van der Waals surface area contributed by atoms with E-state index in [0.29, 0.717) is 6.04 Å². The summed E-state index contributed by atoms with van der Waals surface area (Å²) in [7, 11) is 0. The summed E-state index contributed by atoms with van der Waals surface area (Å²) in [6.07, 6.45) is 6.77. The van der Waals surface area contributed by atoms with Crippen LogP contribution in [-0.2, 0) is 6.42 Å². The van der Waals surface area contributed by atoms with Gasteiger partial charge in [-0.15, -0.1) is 0 Å². The summed E-state index contributed by atoms with van der Waals surface area (Å²) in [5.74, 6) is 0. The molecule has 0 aliphatic carbocycles. The number of hydrogen-bond acceptors (Lipinski definition) is 1. The van der Waals surface area contributed by atoms with Gasteiger partial charge in [0.2, 0.25) is 0 Å². The van der Waals surface area contributed by atoms with Crippen LogP contribution >= 0.6 is 0 Å². The standard InChI is InChI=1S/C16H21N/c1-4-6-9-14-11-16-13(5-2)8-7-10-15(16)12(3)17-14/h5,7-8,10,14H,2,4,6,9,11H2,1,3H3. The highest BCUT2D eigenvalue weighted by molar-refractivity contribution is 6.01. The minimum absolute atomic E-state index is 0.476. The fourth-order valence-corrected chi connectivity index (χ4v) is 2.59. The number of unbranched alkanes of at least 4 members (excludes halogenated alkanes) is 1. The lowest BCUT2D eigenvalue weighted by molar-refractivity contribution is 0.570. The minimum atomic E-state index is 0.476. The molecule has 17 heavy (non-hydrogen) atoms. The van der Waals surface area contributed by atoms with Crippen molar-refractivity contribution in [2.24, 2.45) is 4.99 Å². The monoisotopic (exact) mass is 227 g/mol. The molecule has 1 atom stereocenters. The predicted molar refractivity (Wildman–Crippen MR) is 75.8 cm³/mol. The third-order valence-corrected chi connectivity index (χ3v) is 3.53. The first-order valence-corrected chi connectivity index (χ1v) is 6.55. The Hall–Kier alpha value is -1.37. The van der Waals surface area contributed by atoms with E-state index >= 15 is 0 Å². The Morgan fingerprint density at radius 2 is 2.29 bits per heavy atom. The summed E-state index contributed by atoms with van der Waals surface area (Å²) < 4.78 is 0. The van der Waals surface area contributed by atoms with Crippen LogP contribution in [0.4, 0.5) is 0 Å². The molecule has 2 rings (SSSR count). The van der Waals surface area contributed by atoms with Crippen LogP contribution in [0, 0.1) is 0 Å². The zero-order valence-corrected chi connectivity index (χ0v) is 10.9. The molecular formula is C16H21N. The zero-order valence-electron chi connectivity index (χ0n) is 10.9. The molecule has 0 amide bonds. The van der Waals surface area contributed by atoms with E-state index in [1.165, 1.54) is 41.7 Å². The van der Waals surface area contributed by atoms with Crippen LogP contribution in [0.15, 0.2) is 29.8 Å². The Morgan fingerprint density at radius 1 is 1.47 bits per heavy atom. The van der Waals surface area contributed by atoms with Crippen molar-refractivity contribution in [2.75, 3.05) is 0 Å². The van der Waals surface area contributed by atoms with Crippen molar-refractivity contribution < 1.29 is 0 Å². The van der Waals surface area contributed by atoms with Crippen molar-refractivity contribution in [1.82, 2.24) is 0 Å². The number of benzene rings is 1. The second kappa shape index (κ2) is 5.31. The quantitative estimate of drug-likeness (QED) is 0.729. The van der Waals surface area contributed by atoms with Crippen molar-refractivity contribution >= 4 is 11.8 Å². The predicted octanol–water partition coefficient (Wildman–Crippen LogP) is 4.25. The third kappa shape index (κ3) is 2.49. The maximum Gasteiger partial charge on any atom is 0.0543 e. The molecule has 0 fully saturated rings. The Labute approximate surface area is 104 Å². The molecule has 1 heterocycles. The Morgan fingerprint density at radius 3 is 3.00 bits per heavy atom. The molecule has 1 aliphatic rings. The molecular weight excluding hydrogens is 206 g/mol. The van der Waals surface area contributed by atoms with Crippen LogP contribution in [0.25, 0.3) is 6.08 Å². The number of aliphatic imine (C=N–C) groups is 1. The summed E-state index contributed by atoms with van der Waals surface area (Å²) >= 11 is 0. The maximum absolute atomic E-state index is 4.82. The van der Waals surface area contributed by atoms with Gasteiger partial charge in [0.25, 0.3) is 0 Å². The minimum Gasteiger partial charge on any atom is -0.286 e. The Bertz CT molecular complexity index is 443. The van der Waals surface area contributed by atoms with Crippen LogP contribution in [0.3, 0.4) is 0 Å². The van der Waals surface area contributed by atoms with Gasteiger partial charge in [0.1, 0.15) is 0 Å². The Balaban J connectivity index is 2.31. The molecule has 0 saturated heterocycles. The van der Waals surface area contributed by atoms with Gasteiger partial charge in [-0.3, -0.25) is 4.99 Å². The summed E-state index contributed by atoms with van der Waals surface area (Å²) in [4.78, 5) is 4.82. The number of fused-ring (bicyclic) bond motifs is 1. The fourth-order valence-electron chi connectivity index (χ4n) is 2.59. The molecule has 1 aromatic rings. The highest BCUT2D eigenvalue weighted by atomic mass is 14.8. The molecule has 0 radical (unpaired) electrons. The highest BCUT2D eigenvalue weighted by Crippen LogP contribution is 2.26. The summed E-state index contributed by atoms with van der Waals surface area (Å²) in [5, 5.41) is 0. The lowest BCUT2D eigenvalue weighted by Crippen LogP contribution is -2.20. The molecule has 1 nitrogen and oxygen atoms in total. The molecule has 0 N–H and O–H groups in total. The number of hydrogen-bond donors (Lipinski definition) is 0. The smallest absolute Gasteiger partial charge is 0.0543 e. The van der Waals surface area contributed by atoms with Crippen LogP contribution in [0.5, 0.6) is 0 Å². The van der Waals surface area contributed by atoms with Gasteiger partial charge in [-0.2, -0.15) is 0 Å². The molecule has 0 saturated carbocycles. The largest absolute Gasteiger partial charge is 0.286 e. The van der Waals surface area contributed by atoms with Gasteiger partial charge in [-0.25, -0.2) is 0 Å². The van der Waals surface area contributed by atoms with E-state index in [1.807, 2.05) is 6.08 Å². The molecule has 1 aliphatic heterocycles. The van der Waals surface area contributed by atoms with E-state index in [0.717, 1.165) is 6.42 Å². The van der Waals surface area contributed by atoms with Crippen LogP contribution in [0.2, 0.25) is 0 Å². The van der Waals surface area contributed by atoms with E-state index in [1.54, 1.807) is 0 Å². The first-order valence-electron chi connectivity index (χ1n) is 6.55. The second-order valence-electron chi connectivity index (χ2n) is 4.79. The summed E-state index contributed by atoms with van der Waals surface area (Å²) in [5.41, 5.74) is 5.22. The van der Waals surface area contributed by atoms with Gasteiger partial charge in [-0.05, 0) is 36.5 Å². The number of nitrogens with zero attached hydrogens (tertiary/aromatic N) is 1. The summed E-state index contributed by atoms with van der Waals surface area (Å²) in [6, 6.07) is 6.91. The van der Waals surface area contributed by atoms with Gasteiger partial charge in [0.05, 0.1) is 6.04 Å². The SMILES string of the molecule is C=Cc1cccc2c1CC(CCCC)N=C2C. The molecule has 1 heteroatoms. The average molecular weight is 227 g/mol. The van der Waals surface area contributed by atoms with Crippen molar-refractivity contribution in [2.45, 2.75) is 45.6 Å². The van der Waals surface area contributed by atoms with Gasteiger partial charge in [-0.1, -0.05) is 50.6 Å². The van der Waals surface area contributed by atoms with Gasteiger partial charge in [0.15, 0.2) is 0 Å². The van der Waals surface area contributed by atoms with Gasteiger partial charge in [0, 0.05) is 5.71 Å². The first kappa shape index (κ1) is 12.1. The van der Waals surface area contributed by atoms with E-state index < -0.39 is 0 Å². The first-order chi connectivity index (χ1) is 8.26. The second-order valence-corrected chi connectivity index (χ2v) is 4.79. The molecule has 1 unspecified atom stereocenters. The van der Waals surface area contributed by atoms with E-state index in [4.69, 9.17) is 4.99 Å². The zero-order chi connectivity index (χ0) is 12.3. The van der Waals surface area contributed by atoms with Crippen molar-refractivity contribution in [3.8, 4) is 0 Å². The van der Waals surface area contributed by atoms with Crippen LogP contribution in [-0.4, -0.2) is 11.8 Å². The van der Waals surface area contributed by atoms with Crippen molar-refractivity contribution in [1.29, 1.82) is 0 Å². The fraction of sp³-hybridized carbons (Fsp3) is 0.438. The number of rotatable bonds is 4. The van der Waals surface area contributed by atoms with E-state index in [-0.39, 0.29) is 0 Å². The molecule has 1 aromatic carbocycles. The average Bonchev–Trinajstić information content (AvgIpc) is 2.35. The lowest BCUT2D eigenvalue weighted by atomic mass is 9.88. The van der Waals surface area contributed by atoms with Crippen molar-refractivity contribution in [3.05, 3.63) is 41.5 Å². The maximum atomic E-state index is 4.82. The normalized spacial score (nSPS) is 18.5. The Kier molecular flexibility index (Phi) is 3.78. The lowest BCUT2D eigenvalue weighted by Gasteiger charge is -2.23. The van der Waals surface area contributed by atoms with Crippen LogP contribution < -0.4 is 0 Å². The van der Waals surface area contributed by atoms with E-state index in [9.17, 15) is 0 Å². The molecule has 0 bridgehead atoms. The van der Waals surface area contributed by atoms with Crippen LogP contribution in [0.1, 0.15) is 49.8 Å². The van der Waals surface area contributed by atoms with E-state index in [2.05, 4.69) is 38.6 Å². The summed E-state index contributed by atoms with van der Waals surface area (Å²) in [6.45, 7) is 8.28. The van der Waals surface area contributed by atoms with Gasteiger partial charge >= 0.3 is 0 Å². The van der Waals surface area contributed by atoms with Gasteiger partial charge < -0.3 is 0 Å². The van der Waals surface area contributed by atoms with Crippen molar-refractivity contribution in [3.63, 3.8) is 0 Å². The third-order valence-electron chi connectivity index (χ3n) is 3.53. The molecule has 90 valence electrons. The molecule has 0 spiro atoms. The molecule has 0 aromatic heterocycles. The highest BCUT2D eigenvalue weighted by Gasteiger charge is 2.19. The topological polar surface area (TPSA) is 12.4 Å².